The number of phenolic OH excluding ortho intramolecular Hbond substituents is 1. The molecule has 1 aliphatic rings. The number of carbonyl (C=O) groups excluding carboxylic acids is 1. The minimum Gasteiger partial charge on any atom is -0.506 e. The van der Waals surface area contributed by atoms with Gasteiger partial charge < -0.3 is 15.6 Å². The lowest BCUT2D eigenvalue weighted by atomic mass is 10.0. The summed E-state index contributed by atoms with van der Waals surface area (Å²) in [6, 6.07) is 5.05. The molecule has 0 atom stereocenters. The van der Waals surface area contributed by atoms with E-state index in [1.807, 2.05) is 6.07 Å². The fourth-order valence-electron chi connectivity index (χ4n) is 1.90. The van der Waals surface area contributed by atoms with Gasteiger partial charge in [-0.3, -0.25) is 5.32 Å². The van der Waals surface area contributed by atoms with E-state index in [1.165, 1.54) is 6.07 Å². The van der Waals surface area contributed by atoms with Crippen molar-refractivity contribution in [2.45, 2.75) is 44.8 Å². The topological polar surface area (TPSA) is 84.6 Å². The summed E-state index contributed by atoms with van der Waals surface area (Å²) in [6.07, 6.45) is 1.10. The normalized spacial score (nSPS) is 16.8. The van der Waals surface area contributed by atoms with Crippen LogP contribution in [0, 0.1) is 0 Å². The van der Waals surface area contributed by atoms with E-state index in [0.29, 0.717) is 5.69 Å². The van der Waals surface area contributed by atoms with Crippen molar-refractivity contribution in [2.75, 3.05) is 5.32 Å². The maximum atomic E-state index is 11.8. The molecule has 0 radical (unpaired) electrons. The van der Waals surface area contributed by atoms with Crippen LogP contribution in [0.25, 0.3) is 0 Å². The van der Waals surface area contributed by atoms with Crippen LogP contribution in [0.15, 0.2) is 18.2 Å². The van der Waals surface area contributed by atoms with E-state index < -0.39 is 17.2 Å². The van der Waals surface area contributed by atoms with Gasteiger partial charge in [0.1, 0.15) is 11.4 Å². The zero-order chi connectivity index (χ0) is 14.3. The predicted octanol–water partition coefficient (Wildman–Crippen LogP) is 2.69. The van der Waals surface area contributed by atoms with E-state index in [1.54, 1.807) is 26.8 Å². The Labute approximate surface area is 112 Å². The number of carbonyl (C=O) groups is 1. The standard InChI is InChI=1S/C14H20N2O3/c1-13(2,3)19-12(18)16-11-9(14(15)7-8-14)5-4-6-10(11)17/h4-6,17H,7-8,15H2,1-3H3,(H,16,18). The number of hydrogen-bond donors (Lipinski definition) is 3. The third-order valence-electron chi connectivity index (χ3n) is 2.99. The minimum atomic E-state index is -0.598. The molecule has 1 aromatic rings. The number of para-hydroxylation sites is 1. The summed E-state index contributed by atoms with van der Waals surface area (Å²) in [5, 5.41) is 12.5. The minimum absolute atomic E-state index is 0.0000779. The van der Waals surface area contributed by atoms with Crippen molar-refractivity contribution in [1.29, 1.82) is 0 Å². The number of ether oxygens (including phenoxy) is 1. The zero-order valence-corrected chi connectivity index (χ0v) is 11.5. The first-order valence-electron chi connectivity index (χ1n) is 6.33. The number of benzene rings is 1. The Morgan fingerprint density at radius 1 is 1.42 bits per heavy atom. The molecule has 1 amide bonds. The first kappa shape index (κ1) is 13.7. The van der Waals surface area contributed by atoms with Crippen molar-refractivity contribution in [2.24, 2.45) is 5.73 Å². The van der Waals surface area contributed by atoms with Crippen LogP contribution in [0.3, 0.4) is 0 Å². The SMILES string of the molecule is CC(C)(C)OC(=O)Nc1c(O)cccc1C1(N)CC1. The third-order valence-corrected chi connectivity index (χ3v) is 2.99. The van der Waals surface area contributed by atoms with Crippen LogP contribution >= 0.6 is 0 Å². The van der Waals surface area contributed by atoms with Crippen LogP contribution in [0.1, 0.15) is 39.2 Å². The molecule has 5 heteroatoms. The second-order valence-corrected chi connectivity index (χ2v) is 5.98. The highest BCUT2D eigenvalue weighted by Gasteiger charge is 2.42. The largest absolute Gasteiger partial charge is 0.506 e. The van der Waals surface area contributed by atoms with E-state index in [-0.39, 0.29) is 5.75 Å². The first-order chi connectivity index (χ1) is 8.71. The predicted molar refractivity (Wildman–Crippen MR) is 73.1 cm³/mol. The molecule has 1 fully saturated rings. The van der Waals surface area contributed by atoms with Gasteiger partial charge in [0.15, 0.2) is 0 Å². The highest BCUT2D eigenvalue weighted by atomic mass is 16.6. The molecule has 19 heavy (non-hydrogen) atoms. The molecule has 0 aliphatic heterocycles. The number of amides is 1. The highest BCUT2D eigenvalue weighted by Crippen LogP contribution is 2.47. The van der Waals surface area contributed by atoms with Crippen molar-refractivity contribution < 1.29 is 14.6 Å². The van der Waals surface area contributed by atoms with Gasteiger partial charge in [0.05, 0.1) is 5.69 Å². The summed E-state index contributed by atoms with van der Waals surface area (Å²) in [5.74, 6) is 0.0000779. The molecule has 1 saturated carbocycles. The first-order valence-corrected chi connectivity index (χ1v) is 6.33. The summed E-state index contributed by atoms with van der Waals surface area (Å²) in [4.78, 5) is 11.8. The molecule has 0 spiro atoms. The van der Waals surface area contributed by atoms with Crippen LogP contribution in [0.4, 0.5) is 10.5 Å². The molecule has 4 N–H and O–H groups in total. The summed E-state index contributed by atoms with van der Waals surface area (Å²) in [6.45, 7) is 5.34. The van der Waals surface area contributed by atoms with Crippen LogP contribution in [0.5, 0.6) is 5.75 Å². The van der Waals surface area contributed by atoms with Crippen molar-refractivity contribution in [1.82, 2.24) is 0 Å². The third kappa shape index (κ3) is 3.17. The van der Waals surface area contributed by atoms with E-state index >= 15 is 0 Å². The summed E-state index contributed by atoms with van der Waals surface area (Å²) in [7, 11) is 0. The lowest BCUT2D eigenvalue weighted by Gasteiger charge is -2.22. The van der Waals surface area contributed by atoms with Gasteiger partial charge in [0.2, 0.25) is 0 Å². The smallest absolute Gasteiger partial charge is 0.412 e. The monoisotopic (exact) mass is 264 g/mol. The number of nitrogens with two attached hydrogens (primary N) is 1. The van der Waals surface area contributed by atoms with E-state index in [4.69, 9.17) is 10.5 Å². The Kier molecular flexibility index (Phi) is 3.18. The van der Waals surface area contributed by atoms with Crippen LogP contribution in [0.2, 0.25) is 0 Å². The van der Waals surface area contributed by atoms with Gasteiger partial charge in [-0.1, -0.05) is 12.1 Å². The van der Waals surface area contributed by atoms with Gasteiger partial charge in [-0.05, 0) is 45.2 Å². The number of hydrogen-bond acceptors (Lipinski definition) is 4. The van der Waals surface area contributed by atoms with Crippen LogP contribution in [-0.2, 0) is 10.3 Å². The van der Waals surface area contributed by atoms with Gasteiger partial charge in [-0.25, -0.2) is 4.79 Å². The molecule has 5 nitrogen and oxygen atoms in total. The van der Waals surface area contributed by atoms with Crippen molar-refractivity contribution in [3.05, 3.63) is 23.8 Å². The Bertz CT molecular complexity index is 502. The summed E-state index contributed by atoms with van der Waals surface area (Å²) in [5.41, 5.74) is 6.20. The zero-order valence-electron chi connectivity index (χ0n) is 11.5. The fourth-order valence-corrected chi connectivity index (χ4v) is 1.90. The molecule has 0 unspecified atom stereocenters. The molecule has 2 rings (SSSR count). The molecule has 0 saturated heterocycles. The van der Waals surface area contributed by atoms with Crippen molar-refractivity contribution in [3.8, 4) is 5.75 Å². The molecule has 1 aromatic carbocycles. The second kappa shape index (κ2) is 4.42. The van der Waals surface area contributed by atoms with E-state index in [2.05, 4.69) is 5.32 Å². The number of phenols is 1. The maximum Gasteiger partial charge on any atom is 0.412 e. The molecule has 104 valence electrons. The summed E-state index contributed by atoms with van der Waals surface area (Å²) < 4.78 is 5.18. The Hall–Kier alpha value is -1.75. The molecule has 0 heterocycles. The molecule has 0 aromatic heterocycles. The van der Waals surface area contributed by atoms with Crippen LogP contribution < -0.4 is 11.1 Å². The van der Waals surface area contributed by atoms with Crippen molar-refractivity contribution in [3.63, 3.8) is 0 Å². The molecular weight excluding hydrogens is 244 g/mol. The Balaban J connectivity index is 2.22. The fraction of sp³-hybridized carbons (Fsp3) is 0.500. The Morgan fingerprint density at radius 3 is 2.58 bits per heavy atom. The number of aromatic hydroxyl groups is 1. The average Bonchev–Trinajstić information content (AvgIpc) is 2.98. The lowest BCUT2D eigenvalue weighted by molar-refractivity contribution is 0.0635. The quantitative estimate of drug-likeness (QED) is 0.717. The number of nitrogens with one attached hydrogen (secondary N) is 1. The van der Waals surface area contributed by atoms with Gasteiger partial charge in [0.25, 0.3) is 0 Å². The molecule has 0 bridgehead atoms. The van der Waals surface area contributed by atoms with E-state index in [0.717, 1.165) is 18.4 Å². The second-order valence-electron chi connectivity index (χ2n) is 5.98. The van der Waals surface area contributed by atoms with Gasteiger partial charge in [0, 0.05) is 5.54 Å². The molecule has 1 aliphatic carbocycles. The number of rotatable bonds is 2. The van der Waals surface area contributed by atoms with Gasteiger partial charge in [-0.15, -0.1) is 0 Å². The maximum absolute atomic E-state index is 11.8. The average molecular weight is 264 g/mol. The van der Waals surface area contributed by atoms with Crippen molar-refractivity contribution >= 4 is 11.8 Å². The van der Waals surface area contributed by atoms with Gasteiger partial charge >= 0.3 is 6.09 Å². The van der Waals surface area contributed by atoms with E-state index in [9.17, 15) is 9.90 Å². The lowest BCUT2D eigenvalue weighted by Crippen LogP contribution is -2.29. The molecular formula is C14H20N2O3. The summed E-state index contributed by atoms with van der Waals surface area (Å²) >= 11 is 0. The van der Waals surface area contributed by atoms with Gasteiger partial charge in [-0.2, -0.15) is 0 Å². The number of anilines is 1. The Morgan fingerprint density at radius 2 is 2.05 bits per heavy atom. The highest BCUT2D eigenvalue weighted by molar-refractivity contribution is 5.88. The van der Waals surface area contributed by atoms with Crippen LogP contribution in [-0.4, -0.2) is 16.8 Å².